The van der Waals surface area contributed by atoms with Crippen molar-refractivity contribution >= 4 is 11.6 Å². The SMILES string of the molecule is COc1[c]c(Cl)c(-c2ccc(C)nc2)cc1. The summed E-state index contributed by atoms with van der Waals surface area (Å²) in [7, 11) is 1.59. The second-order valence-corrected chi connectivity index (χ2v) is 3.82. The summed E-state index contributed by atoms with van der Waals surface area (Å²) in [4.78, 5) is 4.24. The number of methoxy groups -OCH3 is 1. The van der Waals surface area contributed by atoms with E-state index in [0.717, 1.165) is 16.8 Å². The van der Waals surface area contributed by atoms with Gasteiger partial charge in [-0.2, -0.15) is 0 Å². The lowest BCUT2D eigenvalue weighted by atomic mass is 10.1. The Bertz CT molecular complexity index is 494. The minimum atomic E-state index is 0.546. The van der Waals surface area contributed by atoms with E-state index in [1.807, 2.05) is 31.2 Å². The molecule has 0 spiro atoms. The van der Waals surface area contributed by atoms with Crippen LogP contribution in [0.25, 0.3) is 11.1 Å². The van der Waals surface area contributed by atoms with E-state index in [4.69, 9.17) is 16.3 Å². The van der Waals surface area contributed by atoms with Crippen molar-refractivity contribution < 1.29 is 4.74 Å². The molecular formula is C13H11ClNO. The minimum Gasteiger partial charge on any atom is -0.496 e. The molecule has 1 radical (unpaired) electrons. The van der Waals surface area contributed by atoms with E-state index >= 15 is 0 Å². The van der Waals surface area contributed by atoms with Gasteiger partial charge in [-0.25, -0.2) is 0 Å². The number of pyridine rings is 1. The van der Waals surface area contributed by atoms with E-state index in [-0.39, 0.29) is 0 Å². The number of aryl methyl sites for hydroxylation is 1. The van der Waals surface area contributed by atoms with Gasteiger partial charge in [0.15, 0.2) is 0 Å². The normalized spacial score (nSPS) is 10.2. The monoisotopic (exact) mass is 232 g/mol. The van der Waals surface area contributed by atoms with Crippen molar-refractivity contribution in [1.82, 2.24) is 4.98 Å². The Labute approximate surface area is 99.9 Å². The minimum absolute atomic E-state index is 0.546. The third-order valence-corrected chi connectivity index (χ3v) is 2.61. The third-order valence-electron chi connectivity index (χ3n) is 2.31. The van der Waals surface area contributed by atoms with E-state index in [1.165, 1.54) is 0 Å². The van der Waals surface area contributed by atoms with E-state index in [9.17, 15) is 0 Å². The van der Waals surface area contributed by atoms with Gasteiger partial charge in [-0.15, -0.1) is 0 Å². The van der Waals surface area contributed by atoms with Gasteiger partial charge in [-0.05, 0) is 25.1 Å². The smallest absolute Gasteiger partial charge is 0.128 e. The van der Waals surface area contributed by atoms with Crippen LogP contribution in [0.3, 0.4) is 0 Å². The van der Waals surface area contributed by atoms with Crippen molar-refractivity contribution in [3.63, 3.8) is 0 Å². The molecule has 1 heterocycles. The number of nitrogens with zero attached hydrogens (tertiary/aromatic N) is 1. The number of hydrogen-bond acceptors (Lipinski definition) is 2. The Morgan fingerprint density at radius 3 is 2.62 bits per heavy atom. The Morgan fingerprint density at radius 2 is 2.06 bits per heavy atom. The van der Waals surface area contributed by atoms with Gasteiger partial charge >= 0.3 is 0 Å². The number of aromatic nitrogens is 1. The van der Waals surface area contributed by atoms with Crippen LogP contribution in [0.5, 0.6) is 5.75 Å². The van der Waals surface area contributed by atoms with Crippen molar-refractivity contribution in [1.29, 1.82) is 0 Å². The second kappa shape index (κ2) is 4.54. The lowest BCUT2D eigenvalue weighted by Gasteiger charge is -2.06. The van der Waals surface area contributed by atoms with Gasteiger partial charge in [0, 0.05) is 29.1 Å². The molecule has 0 aliphatic rings. The molecule has 0 atom stereocenters. The van der Waals surface area contributed by atoms with E-state index in [1.54, 1.807) is 13.3 Å². The summed E-state index contributed by atoms with van der Waals surface area (Å²) in [6, 6.07) is 10.6. The Kier molecular flexibility index (Phi) is 3.11. The molecule has 0 N–H and O–H groups in total. The molecule has 0 unspecified atom stereocenters. The molecule has 1 aromatic heterocycles. The van der Waals surface area contributed by atoms with E-state index in [2.05, 4.69) is 11.1 Å². The van der Waals surface area contributed by atoms with Crippen LogP contribution in [0.15, 0.2) is 30.5 Å². The van der Waals surface area contributed by atoms with Crippen LogP contribution in [-0.2, 0) is 0 Å². The summed E-state index contributed by atoms with van der Waals surface area (Å²) in [6.07, 6.45) is 1.80. The van der Waals surface area contributed by atoms with Gasteiger partial charge in [0.1, 0.15) is 5.75 Å². The molecule has 2 aromatic rings. The molecule has 0 saturated heterocycles. The molecule has 0 fully saturated rings. The number of hydrogen-bond donors (Lipinski definition) is 0. The topological polar surface area (TPSA) is 22.1 Å². The average molecular weight is 233 g/mol. The average Bonchev–Trinajstić information content (AvgIpc) is 2.30. The van der Waals surface area contributed by atoms with Crippen LogP contribution in [-0.4, -0.2) is 12.1 Å². The maximum atomic E-state index is 6.12. The summed E-state index contributed by atoms with van der Waals surface area (Å²) in [5.41, 5.74) is 2.88. The van der Waals surface area contributed by atoms with Crippen molar-refractivity contribution in [3.05, 3.63) is 47.2 Å². The van der Waals surface area contributed by atoms with Crippen molar-refractivity contribution in [2.75, 3.05) is 7.11 Å². The summed E-state index contributed by atoms with van der Waals surface area (Å²) in [5, 5.41) is 0.546. The lowest BCUT2D eigenvalue weighted by molar-refractivity contribution is 0.414. The number of ether oxygens (including phenoxy) is 1. The highest BCUT2D eigenvalue weighted by Crippen LogP contribution is 2.30. The van der Waals surface area contributed by atoms with Crippen LogP contribution >= 0.6 is 11.6 Å². The fourth-order valence-electron chi connectivity index (χ4n) is 1.42. The highest BCUT2D eigenvalue weighted by Gasteiger charge is 2.05. The first kappa shape index (κ1) is 11.0. The molecule has 0 aliphatic carbocycles. The van der Waals surface area contributed by atoms with E-state index < -0.39 is 0 Å². The van der Waals surface area contributed by atoms with Gasteiger partial charge in [0.05, 0.1) is 12.1 Å². The molecule has 3 heteroatoms. The zero-order chi connectivity index (χ0) is 11.5. The zero-order valence-corrected chi connectivity index (χ0v) is 9.88. The molecule has 0 saturated carbocycles. The molecule has 0 aliphatic heterocycles. The van der Waals surface area contributed by atoms with Gasteiger partial charge in [0.2, 0.25) is 0 Å². The number of rotatable bonds is 2. The molecule has 2 nitrogen and oxygen atoms in total. The van der Waals surface area contributed by atoms with E-state index in [0.29, 0.717) is 10.8 Å². The molecule has 0 amide bonds. The highest BCUT2D eigenvalue weighted by molar-refractivity contribution is 6.33. The van der Waals surface area contributed by atoms with Crippen LogP contribution < -0.4 is 4.74 Å². The molecule has 1 aromatic carbocycles. The fraction of sp³-hybridized carbons (Fsp3) is 0.154. The van der Waals surface area contributed by atoms with Gasteiger partial charge < -0.3 is 4.74 Å². The number of benzene rings is 1. The maximum Gasteiger partial charge on any atom is 0.128 e. The molecule has 16 heavy (non-hydrogen) atoms. The van der Waals surface area contributed by atoms with Crippen molar-refractivity contribution in [2.24, 2.45) is 0 Å². The Morgan fingerprint density at radius 1 is 1.25 bits per heavy atom. The predicted octanol–water partition coefficient (Wildman–Crippen LogP) is 3.52. The van der Waals surface area contributed by atoms with Crippen LogP contribution in [0.2, 0.25) is 5.02 Å². The number of halogens is 1. The van der Waals surface area contributed by atoms with Gasteiger partial charge in [0.25, 0.3) is 0 Å². The molecule has 81 valence electrons. The lowest BCUT2D eigenvalue weighted by Crippen LogP contribution is -1.87. The highest BCUT2D eigenvalue weighted by atomic mass is 35.5. The first-order valence-corrected chi connectivity index (χ1v) is 5.27. The quantitative estimate of drug-likeness (QED) is 0.791. The first-order chi connectivity index (χ1) is 7.70. The molecular weight excluding hydrogens is 222 g/mol. The summed E-state index contributed by atoms with van der Waals surface area (Å²) < 4.78 is 5.05. The van der Waals surface area contributed by atoms with Crippen LogP contribution in [0.4, 0.5) is 0 Å². The largest absolute Gasteiger partial charge is 0.496 e. The predicted molar refractivity (Wildman–Crippen MR) is 64.8 cm³/mol. The summed E-state index contributed by atoms with van der Waals surface area (Å²) in [6.45, 7) is 1.95. The van der Waals surface area contributed by atoms with Crippen molar-refractivity contribution in [3.8, 4) is 16.9 Å². The fourth-order valence-corrected chi connectivity index (χ4v) is 1.68. The van der Waals surface area contributed by atoms with Gasteiger partial charge in [-0.3, -0.25) is 4.98 Å². The standard InChI is InChI=1S/C13H11ClNO/c1-9-3-4-10(8-15-9)12-6-5-11(16-2)7-13(12)14/h3-6,8H,1-2H3. The Hall–Kier alpha value is -1.54. The zero-order valence-electron chi connectivity index (χ0n) is 9.12. The second-order valence-electron chi connectivity index (χ2n) is 3.44. The maximum absolute atomic E-state index is 6.12. The summed E-state index contributed by atoms with van der Waals surface area (Å²) >= 11 is 6.12. The van der Waals surface area contributed by atoms with Crippen LogP contribution in [0.1, 0.15) is 5.69 Å². The Balaban J connectivity index is 2.44. The summed E-state index contributed by atoms with van der Waals surface area (Å²) in [5.74, 6) is 0.633. The molecule has 0 bridgehead atoms. The first-order valence-electron chi connectivity index (χ1n) is 4.89. The van der Waals surface area contributed by atoms with Crippen LogP contribution in [0, 0.1) is 13.0 Å². The molecule has 2 rings (SSSR count). The van der Waals surface area contributed by atoms with Crippen molar-refractivity contribution in [2.45, 2.75) is 6.92 Å². The third kappa shape index (κ3) is 2.17. The van der Waals surface area contributed by atoms with Gasteiger partial charge in [-0.1, -0.05) is 17.7 Å².